The third-order valence-electron chi connectivity index (χ3n) is 3.17. The topological polar surface area (TPSA) is 61.4 Å². The number of hydrogen-bond donors (Lipinski definition) is 2. The van der Waals surface area contributed by atoms with E-state index in [0.29, 0.717) is 0 Å². The Kier molecular flexibility index (Phi) is 7.08. The second-order valence-electron chi connectivity index (χ2n) is 4.70. The van der Waals surface area contributed by atoms with Crippen LogP contribution >= 0.6 is 11.8 Å². The minimum Gasteiger partial charge on any atom is -0.359 e. The maximum atomic E-state index is 12.3. The highest BCUT2D eigenvalue weighted by molar-refractivity contribution is 7.99. The third-order valence-corrected chi connectivity index (χ3v) is 4.13. The molecule has 21 heavy (non-hydrogen) atoms. The van der Waals surface area contributed by atoms with Crippen molar-refractivity contribution in [3.63, 3.8) is 0 Å². The van der Waals surface area contributed by atoms with Gasteiger partial charge in [-0.1, -0.05) is 19.1 Å². The molecule has 0 spiro atoms. The molecule has 0 aliphatic carbocycles. The van der Waals surface area contributed by atoms with Gasteiger partial charge in [0.05, 0.1) is 5.69 Å². The van der Waals surface area contributed by atoms with E-state index in [4.69, 9.17) is 0 Å². The van der Waals surface area contributed by atoms with Gasteiger partial charge in [-0.15, -0.1) is 11.8 Å². The molecule has 5 nitrogen and oxygen atoms in total. The van der Waals surface area contributed by atoms with Gasteiger partial charge in [-0.25, -0.2) is 4.79 Å². The number of rotatable bonds is 6. The van der Waals surface area contributed by atoms with Gasteiger partial charge in [-0.2, -0.15) is 0 Å². The quantitative estimate of drug-likeness (QED) is 0.794. The van der Waals surface area contributed by atoms with E-state index >= 15 is 0 Å². The van der Waals surface area contributed by atoms with Crippen LogP contribution < -0.4 is 10.6 Å². The molecule has 1 unspecified atom stereocenters. The van der Waals surface area contributed by atoms with Crippen molar-refractivity contribution >= 4 is 29.4 Å². The molecule has 1 aromatic carbocycles. The first-order chi connectivity index (χ1) is 9.99. The van der Waals surface area contributed by atoms with Gasteiger partial charge in [0.15, 0.2) is 0 Å². The number of carbonyl (C=O) groups is 2. The molecular weight excluding hydrogens is 286 g/mol. The van der Waals surface area contributed by atoms with E-state index in [-0.39, 0.29) is 24.4 Å². The van der Waals surface area contributed by atoms with E-state index in [1.54, 1.807) is 30.8 Å². The minimum atomic E-state index is -0.212. The molecule has 0 heterocycles. The first-order valence-electron chi connectivity index (χ1n) is 6.95. The molecule has 1 rings (SSSR count). The number of nitrogens with one attached hydrogen (secondary N) is 2. The molecule has 0 aliphatic heterocycles. The van der Waals surface area contributed by atoms with Crippen LogP contribution in [-0.4, -0.2) is 42.7 Å². The average molecular weight is 309 g/mol. The fourth-order valence-corrected chi connectivity index (χ4v) is 2.52. The second kappa shape index (κ2) is 8.56. The Bertz CT molecular complexity index is 494. The molecule has 0 fully saturated rings. The van der Waals surface area contributed by atoms with Gasteiger partial charge >= 0.3 is 6.03 Å². The van der Waals surface area contributed by atoms with Crippen molar-refractivity contribution in [3.8, 4) is 0 Å². The van der Waals surface area contributed by atoms with Gasteiger partial charge in [0.25, 0.3) is 0 Å². The number of urea groups is 1. The molecule has 116 valence electrons. The van der Waals surface area contributed by atoms with Gasteiger partial charge in [0.1, 0.15) is 0 Å². The van der Waals surface area contributed by atoms with Crippen LogP contribution in [0.3, 0.4) is 0 Å². The van der Waals surface area contributed by atoms with Crippen LogP contribution in [0.25, 0.3) is 0 Å². The normalized spacial score (nSPS) is 11.6. The number of carbonyl (C=O) groups excluding carboxylic acids is 2. The summed E-state index contributed by atoms with van der Waals surface area (Å²) in [6.07, 6.45) is 0.284. The number of hydrogen-bond acceptors (Lipinski definition) is 3. The Labute approximate surface area is 130 Å². The smallest absolute Gasteiger partial charge is 0.321 e. The van der Waals surface area contributed by atoms with E-state index in [9.17, 15) is 9.59 Å². The Morgan fingerprint density at radius 2 is 2.00 bits per heavy atom. The van der Waals surface area contributed by atoms with E-state index < -0.39 is 0 Å². The SMILES string of the molecule is CCSc1ccccc1NC(=O)N(C)C(C)CC(=O)NC. The second-order valence-corrected chi connectivity index (χ2v) is 6.00. The lowest BCUT2D eigenvalue weighted by atomic mass is 10.2. The molecule has 0 bridgehead atoms. The molecule has 0 radical (unpaired) electrons. The zero-order valence-corrected chi connectivity index (χ0v) is 13.8. The van der Waals surface area contributed by atoms with Crippen LogP contribution in [0.2, 0.25) is 0 Å². The van der Waals surface area contributed by atoms with Crippen LogP contribution in [-0.2, 0) is 4.79 Å². The van der Waals surface area contributed by atoms with Crippen molar-refractivity contribution in [3.05, 3.63) is 24.3 Å². The molecule has 0 saturated heterocycles. The fourth-order valence-electron chi connectivity index (χ4n) is 1.76. The lowest BCUT2D eigenvalue weighted by molar-refractivity contribution is -0.121. The summed E-state index contributed by atoms with van der Waals surface area (Å²) in [6.45, 7) is 3.92. The van der Waals surface area contributed by atoms with Crippen LogP contribution in [0, 0.1) is 0 Å². The highest BCUT2D eigenvalue weighted by Gasteiger charge is 2.18. The van der Waals surface area contributed by atoms with Crippen LogP contribution in [0.1, 0.15) is 20.3 Å². The third kappa shape index (κ3) is 5.30. The zero-order chi connectivity index (χ0) is 15.8. The Balaban J connectivity index is 2.70. The predicted molar refractivity (Wildman–Crippen MR) is 87.8 cm³/mol. The summed E-state index contributed by atoms with van der Waals surface area (Å²) in [5.74, 6) is 0.861. The Morgan fingerprint density at radius 1 is 1.33 bits per heavy atom. The van der Waals surface area contributed by atoms with Crippen molar-refractivity contribution in [2.75, 3.05) is 25.2 Å². The van der Waals surface area contributed by atoms with Crippen LogP contribution in [0.15, 0.2) is 29.2 Å². The summed E-state index contributed by atoms with van der Waals surface area (Å²) in [6, 6.07) is 7.33. The van der Waals surface area contributed by atoms with E-state index in [2.05, 4.69) is 17.6 Å². The summed E-state index contributed by atoms with van der Waals surface area (Å²) in [4.78, 5) is 26.2. The largest absolute Gasteiger partial charge is 0.359 e. The lowest BCUT2D eigenvalue weighted by Crippen LogP contribution is -2.40. The molecule has 1 aromatic rings. The number of amides is 3. The fraction of sp³-hybridized carbons (Fsp3) is 0.467. The monoisotopic (exact) mass is 309 g/mol. The first-order valence-corrected chi connectivity index (χ1v) is 7.94. The molecule has 2 N–H and O–H groups in total. The summed E-state index contributed by atoms with van der Waals surface area (Å²) in [5, 5.41) is 5.47. The van der Waals surface area contributed by atoms with E-state index in [1.165, 1.54) is 0 Å². The van der Waals surface area contributed by atoms with Gasteiger partial charge < -0.3 is 15.5 Å². The number of anilines is 1. The summed E-state index contributed by atoms with van der Waals surface area (Å²) < 4.78 is 0. The van der Waals surface area contributed by atoms with Gasteiger partial charge in [0, 0.05) is 31.5 Å². The molecule has 6 heteroatoms. The highest BCUT2D eigenvalue weighted by atomic mass is 32.2. The first kappa shape index (κ1) is 17.4. The zero-order valence-electron chi connectivity index (χ0n) is 13.0. The van der Waals surface area contributed by atoms with Crippen molar-refractivity contribution in [1.29, 1.82) is 0 Å². The van der Waals surface area contributed by atoms with Crippen molar-refractivity contribution < 1.29 is 9.59 Å². The van der Waals surface area contributed by atoms with Crippen molar-refractivity contribution in [1.82, 2.24) is 10.2 Å². The number of nitrogens with zero attached hydrogens (tertiary/aromatic N) is 1. The minimum absolute atomic E-state index is 0.0795. The van der Waals surface area contributed by atoms with Crippen LogP contribution in [0.4, 0.5) is 10.5 Å². The van der Waals surface area contributed by atoms with Gasteiger partial charge in [0.2, 0.25) is 5.91 Å². The maximum absolute atomic E-state index is 12.3. The number of benzene rings is 1. The molecule has 0 saturated carbocycles. The molecule has 0 aliphatic rings. The molecule has 3 amide bonds. The highest BCUT2D eigenvalue weighted by Crippen LogP contribution is 2.26. The average Bonchev–Trinajstić information content (AvgIpc) is 2.48. The van der Waals surface area contributed by atoms with Gasteiger partial charge in [-0.05, 0) is 24.8 Å². The maximum Gasteiger partial charge on any atom is 0.321 e. The number of para-hydroxylation sites is 1. The summed E-state index contributed by atoms with van der Waals surface area (Å²) in [7, 11) is 3.28. The molecule has 0 aromatic heterocycles. The lowest BCUT2D eigenvalue weighted by Gasteiger charge is -2.25. The van der Waals surface area contributed by atoms with E-state index in [1.807, 2.05) is 31.2 Å². The van der Waals surface area contributed by atoms with Crippen LogP contribution in [0.5, 0.6) is 0 Å². The predicted octanol–water partition coefficient (Wildman–Crippen LogP) is 2.79. The Morgan fingerprint density at radius 3 is 2.62 bits per heavy atom. The standard InChI is InChI=1S/C15H23N3O2S/c1-5-21-13-9-7-6-8-12(13)17-15(20)18(4)11(2)10-14(19)16-3/h6-9,11H,5,10H2,1-4H3,(H,16,19)(H,17,20). The van der Waals surface area contributed by atoms with Crippen molar-refractivity contribution in [2.24, 2.45) is 0 Å². The van der Waals surface area contributed by atoms with E-state index in [0.717, 1.165) is 16.3 Å². The summed E-state index contributed by atoms with van der Waals surface area (Å²) in [5.41, 5.74) is 0.799. The van der Waals surface area contributed by atoms with Gasteiger partial charge in [-0.3, -0.25) is 4.79 Å². The number of thioether (sulfide) groups is 1. The molecule has 1 atom stereocenters. The molecular formula is C15H23N3O2S. The summed E-state index contributed by atoms with van der Waals surface area (Å²) >= 11 is 1.68. The van der Waals surface area contributed by atoms with Crippen molar-refractivity contribution in [2.45, 2.75) is 31.2 Å². The Hall–Kier alpha value is -1.69.